The number of nitrogens with two attached hydrogens (primary N) is 1. The molecule has 96 valence electrons. The Hall–Kier alpha value is -0.620. The van der Waals surface area contributed by atoms with Gasteiger partial charge in [0.25, 0.3) is 0 Å². The van der Waals surface area contributed by atoms with Crippen molar-refractivity contribution in [2.75, 3.05) is 18.1 Å². The van der Waals surface area contributed by atoms with Gasteiger partial charge in [0.05, 0.1) is 12.4 Å². The summed E-state index contributed by atoms with van der Waals surface area (Å²) < 4.78 is 27.8. The van der Waals surface area contributed by atoms with Crippen LogP contribution in [0.5, 0.6) is 0 Å². The van der Waals surface area contributed by atoms with Crippen LogP contribution in [0.4, 0.5) is 0 Å². The molecule has 1 unspecified atom stereocenters. The Balaban J connectivity index is 4.42. The van der Waals surface area contributed by atoms with Gasteiger partial charge in [0.1, 0.15) is 5.75 Å². The molecule has 0 aromatic carbocycles. The average Bonchev–Trinajstić information content (AvgIpc) is 1.99. The van der Waals surface area contributed by atoms with E-state index in [0.717, 1.165) is 0 Å². The summed E-state index contributed by atoms with van der Waals surface area (Å²) in [5.74, 6) is -1.51. The maximum Gasteiger partial charge on any atom is 0.321 e. The van der Waals surface area contributed by atoms with Crippen molar-refractivity contribution in [1.82, 2.24) is 0 Å². The number of hydrogen-bond acceptors (Lipinski definition) is 5. The molecular weight excluding hydrogens is 230 g/mol. The summed E-state index contributed by atoms with van der Waals surface area (Å²) in [5.41, 5.74) is 5.45. The Labute approximate surface area is 97.3 Å². The minimum atomic E-state index is -3.48. The number of carbonyl (C=O) groups excluding carboxylic acids is 1. The fourth-order valence-electron chi connectivity index (χ4n) is 0.965. The zero-order valence-corrected chi connectivity index (χ0v) is 11.1. The molecule has 0 saturated heterocycles. The van der Waals surface area contributed by atoms with Crippen molar-refractivity contribution in [3.63, 3.8) is 0 Å². The first-order valence-electron chi connectivity index (χ1n) is 5.20. The van der Waals surface area contributed by atoms with Crippen LogP contribution in [0.25, 0.3) is 0 Å². The summed E-state index contributed by atoms with van der Waals surface area (Å²) in [6.07, 6.45) is 0. The van der Waals surface area contributed by atoms with E-state index < -0.39 is 27.6 Å². The molecule has 0 rings (SSSR count). The second-order valence-corrected chi connectivity index (χ2v) is 6.94. The predicted octanol–water partition coefficient (Wildman–Crippen LogP) is 0.338. The zero-order valence-electron chi connectivity index (χ0n) is 10.3. The summed E-state index contributed by atoms with van der Waals surface area (Å²) >= 11 is 0. The molecule has 1 atom stereocenters. The van der Waals surface area contributed by atoms with Gasteiger partial charge < -0.3 is 10.5 Å². The number of carbonyl (C=O) groups is 1. The molecule has 0 aliphatic carbocycles. The molecule has 16 heavy (non-hydrogen) atoms. The molecule has 0 aromatic rings. The van der Waals surface area contributed by atoms with Crippen LogP contribution in [-0.2, 0) is 19.4 Å². The van der Waals surface area contributed by atoms with Gasteiger partial charge in [0, 0.05) is 6.04 Å². The van der Waals surface area contributed by atoms with Crippen LogP contribution in [-0.4, -0.2) is 38.5 Å². The van der Waals surface area contributed by atoms with Gasteiger partial charge in [-0.15, -0.1) is 0 Å². The quantitative estimate of drug-likeness (QED) is 0.712. The summed E-state index contributed by atoms with van der Waals surface area (Å²) in [6, 6.07) is -0.494. The first-order chi connectivity index (χ1) is 7.08. The van der Waals surface area contributed by atoms with Crippen LogP contribution >= 0.6 is 0 Å². The van der Waals surface area contributed by atoms with Crippen molar-refractivity contribution in [3.8, 4) is 0 Å². The lowest BCUT2D eigenvalue weighted by atomic mass is 9.89. The van der Waals surface area contributed by atoms with E-state index in [-0.39, 0.29) is 17.8 Å². The summed E-state index contributed by atoms with van der Waals surface area (Å²) in [7, 11) is -3.48. The van der Waals surface area contributed by atoms with E-state index in [2.05, 4.69) is 4.74 Å². The molecule has 2 N–H and O–H groups in total. The second-order valence-electron chi connectivity index (χ2n) is 4.83. The number of rotatable bonds is 5. The highest BCUT2D eigenvalue weighted by Gasteiger charge is 2.28. The predicted molar refractivity (Wildman–Crippen MR) is 62.7 cm³/mol. The van der Waals surface area contributed by atoms with E-state index in [0.29, 0.717) is 0 Å². The third-order valence-corrected chi connectivity index (χ3v) is 3.73. The third-order valence-electron chi connectivity index (χ3n) is 2.19. The molecule has 0 aliphatic rings. The number of esters is 1. The molecule has 0 spiro atoms. The first kappa shape index (κ1) is 15.4. The Morgan fingerprint density at radius 3 is 2.25 bits per heavy atom. The monoisotopic (exact) mass is 251 g/mol. The minimum absolute atomic E-state index is 0.180. The van der Waals surface area contributed by atoms with E-state index >= 15 is 0 Å². The standard InChI is InChI=1S/C10H21NO4S/c1-5-15-9(12)7-16(13,14)6-8(11)10(2,3)4/h8H,5-7,11H2,1-4H3. The fraction of sp³-hybridized carbons (Fsp3) is 0.900. The molecule has 0 aliphatic heterocycles. The van der Waals surface area contributed by atoms with Crippen LogP contribution in [0, 0.1) is 5.41 Å². The van der Waals surface area contributed by atoms with Crippen molar-refractivity contribution in [3.05, 3.63) is 0 Å². The van der Waals surface area contributed by atoms with Gasteiger partial charge in [0.2, 0.25) is 0 Å². The molecule has 0 bridgehead atoms. The third kappa shape index (κ3) is 6.07. The lowest BCUT2D eigenvalue weighted by Gasteiger charge is -2.26. The van der Waals surface area contributed by atoms with E-state index in [1.807, 2.05) is 20.8 Å². The first-order valence-corrected chi connectivity index (χ1v) is 7.02. The molecule has 0 radical (unpaired) electrons. The minimum Gasteiger partial charge on any atom is -0.465 e. The van der Waals surface area contributed by atoms with Gasteiger partial charge in [-0.1, -0.05) is 20.8 Å². The van der Waals surface area contributed by atoms with Crippen LogP contribution < -0.4 is 5.73 Å². The molecule has 0 heterocycles. The van der Waals surface area contributed by atoms with Gasteiger partial charge in [-0.2, -0.15) is 0 Å². The largest absolute Gasteiger partial charge is 0.465 e. The maximum atomic E-state index is 11.6. The highest BCUT2D eigenvalue weighted by molar-refractivity contribution is 7.92. The zero-order chi connectivity index (χ0) is 13.0. The number of hydrogen-bond donors (Lipinski definition) is 1. The molecule has 6 heteroatoms. The summed E-state index contributed by atoms with van der Waals surface area (Å²) in [4.78, 5) is 11.0. The average molecular weight is 251 g/mol. The normalized spacial score (nSPS) is 14.6. The highest BCUT2D eigenvalue weighted by atomic mass is 32.2. The number of sulfone groups is 1. The van der Waals surface area contributed by atoms with Gasteiger partial charge in [-0.25, -0.2) is 8.42 Å². The maximum absolute atomic E-state index is 11.6. The van der Waals surface area contributed by atoms with Crippen molar-refractivity contribution < 1.29 is 17.9 Å². The molecule has 0 fully saturated rings. The lowest BCUT2D eigenvalue weighted by molar-refractivity contribution is -0.139. The second kappa shape index (κ2) is 5.63. The topological polar surface area (TPSA) is 86.5 Å². The molecule has 0 amide bonds. The van der Waals surface area contributed by atoms with Gasteiger partial charge >= 0.3 is 5.97 Å². The van der Waals surface area contributed by atoms with Gasteiger partial charge in [-0.3, -0.25) is 4.79 Å². The van der Waals surface area contributed by atoms with E-state index in [1.165, 1.54) is 0 Å². The summed E-state index contributed by atoms with van der Waals surface area (Å²) in [5, 5.41) is 0. The SMILES string of the molecule is CCOC(=O)CS(=O)(=O)CC(N)C(C)(C)C. The van der Waals surface area contributed by atoms with Crippen LogP contribution in [0.1, 0.15) is 27.7 Å². The van der Waals surface area contributed by atoms with E-state index in [9.17, 15) is 13.2 Å². The smallest absolute Gasteiger partial charge is 0.321 e. The Morgan fingerprint density at radius 2 is 1.88 bits per heavy atom. The van der Waals surface area contributed by atoms with Crippen molar-refractivity contribution >= 4 is 15.8 Å². The fourth-order valence-corrected chi connectivity index (χ4v) is 2.57. The van der Waals surface area contributed by atoms with Crippen molar-refractivity contribution in [2.24, 2.45) is 11.1 Å². The van der Waals surface area contributed by atoms with Gasteiger partial charge in [0.15, 0.2) is 9.84 Å². The Kier molecular flexibility index (Phi) is 5.41. The Bertz CT molecular complexity index is 329. The van der Waals surface area contributed by atoms with E-state index in [4.69, 9.17) is 5.73 Å². The summed E-state index contributed by atoms with van der Waals surface area (Å²) in [6.45, 7) is 7.39. The van der Waals surface area contributed by atoms with Crippen molar-refractivity contribution in [1.29, 1.82) is 0 Å². The molecule has 0 aromatic heterocycles. The Morgan fingerprint density at radius 1 is 1.38 bits per heavy atom. The van der Waals surface area contributed by atoms with Crippen LogP contribution in [0.15, 0.2) is 0 Å². The molecular formula is C10H21NO4S. The molecule has 5 nitrogen and oxygen atoms in total. The van der Waals surface area contributed by atoms with E-state index in [1.54, 1.807) is 6.92 Å². The van der Waals surface area contributed by atoms with Crippen LogP contribution in [0.3, 0.4) is 0 Å². The molecule has 0 saturated carbocycles. The van der Waals surface area contributed by atoms with Gasteiger partial charge in [-0.05, 0) is 12.3 Å². The lowest BCUT2D eigenvalue weighted by Crippen LogP contribution is -2.42. The highest BCUT2D eigenvalue weighted by Crippen LogP contribution is 2.18. The number of ether oxygens (including phenoxy) is 1. The van der Waals surface area contributed by atoms with Crippen molar-refractivity contribution in [2.45, 2.75) is 33.7 Å². The van der Waals surface area contributed by atoms with Crippen LogP contribution in [0.2, 0.25) is 0 Å².